The second kappa shape index (κ2) is 11.2. The van der Waals surface area contributed by atoms with Crippen LogP contribution in [0.5, 0.6) is 0 Å². The topological polar surface area (TPSA) is 99.3 Å². The number of halogens is 1. The Hall–Kier alpha value is -3.84. The monoisotopic (exact) mass is 464 g/mol. The number of hydrogen-bond acceptors (Lipinski definition) is 4. The fraction of sp³-hybridized carbons (Fsp3) is 0.160. The van der Waals surface area contributed by atoms with Gasteiger partial charge in [0.2, 0.25) is 11.8 Å². The van der Waals surface area contributed by atoms with Crippen LogP contribution in [0, 0.1) is 6.92 Å². The van der Waals surface area contributed by atoms with Crippen LogP contribution in [0.4, 0.5) is 17.1 Å². The molecule has 0 saturated heterocycles. The van der Waals surface area contributed by atoms with Crippen molar-refractivity contribution < 1.29 is 14.4 Å². The van der Waals surface area contributed by atoms with Crippen molar-refractivity contribution in [3.05, 3.63) is 88.4 Å². The smallest absolute Gasteiger partial charge is 0.253 e. The quantitative estimate of drug-likeness (QED) is 0.392. The van der Waals surface area contributed by atoms with Crippen LogP contribution in [-0.2, 0) is 16.1 Å². The normalized spacial score (nSPS) is 10.3. The van der Waals surface area contributed by atoms with Crippen molar-refractivity contribution in [2.45, 2.75) is 20.4 Å². The SMILES string of the molecule is CC(=O)Nc1ccc(Cl)cc1NCC(=O)Nc1ccccc1C(=O)NCc1ccc(C)cc1. The maximum Gasteiger partial charge on any atom is 0.253 e. The first-order chi connectivity index (χ1) is 15.8. The largest absolute Gasteiger partial charge is 0.374 e. The molecule has 170 valence electrons. The Balaban J connectivity index is 1.63. The summed E-state index contributed by atoms with van der Waals surface area (Å²) in [6.45, 7) is 3.69. The van der Waals surface area contributed by atoms with Crippen LogP contribution in [0.2, 0.25) is 5.02 Å². The Kier molecular flexibility index (Phi) is 8.05. The van der Waals surface area contributed by atoms with Gasteiger partial charge in [0.05, 0.1) is 29.2 Å². The van der Waals surface area contributed by atoms with E-state index in [0.717, 1.165) is 11.1 Å². The summed E-state index contributed by atoms with van der Waals surface area (Å²) in [7, 11) is 0. The van der Waals surface area contributed by atoms with Gasteiger partial charge in [-0.15, -0.1) is 0 Å². The Labute approximate surface area is 197 Å². The number of benzene rings is 3. The molecule has 0 aliphatic heterocycles. The van der Waals surface area contributed by atoms with Crippen molar-refractivity contribution in [2.24, 2.45) is 0 Å². The van der Waals surface area contributed by atoms with E-state index >= 15 is 0 Å². The molecule has 8 heteroatoms. The van der Waals surface area contributed by atoms with Gasteiger partial charge in [-0.1, -0.05) is 53.6 Å². The van der Waals surface area contributed by atoms with Gasteiger partial charge in [-0.3, -0.25) is 14.4 Å². The number of carbonyl (C=O) groups excluding carboxylic acids is 3. The van der Waals surface area contributed by atoms with Crippen LogP contribution in [0.15, 0.2) is 66.7 Å². The third-order valence-corrected chi connectivity index (χ3v) is 4.99. The standard InChI is InChI=1S/C25H25ClN4O3/c1-16-7-9-18(10-8-16)14-28-25(33)20-5-3-4-6-21(20)30-24(32)15-27-23-13-19(26)11-12-22(23)29-17(2)31/h3-13,27H,14-15H2,1-2H3,(H,28,33)(H,29,31)(H,30,32). The molecule has 3 amide bonds. The molecular weight excluding hydrogens is 440 g/mol. The first kappa shape index (κ1) is 23.8. The van der Waals surface area contributed by atoms with Crippen LogP contribution >= 0.6 is 11.6 Å². The van der Waals surface area contributed by atoms with Gasteiger partial charge in [0.25, 0.3) is 5.91 Å². The summed E-state index contributed by atoms with van der Waals surface area (Å²) in [6, 6.07) is 19.6. The molecule has 0 saturated carbocycles. The summed E-state index contributed by atoms with van der Waals surface area (Å²) >= 11 is 6.04. The molecule has 0 aliphatic rings. The number of para-hydroxylation sites is 1. The molecular formula is C25H25ClN4O3. The van der Waals surface area contributed by atoms with Gasteiger partial charge in [0.15, 0.2) is 0 Å². The van der Waals surface area contributed by atoms with Crippen LogP contribution in [0.3, 0.4) is 0 Å². The van der Waals surface area contributed by atoms with Crippen LogP contribution in [0.1, 0.15) is 28.4 Å². The Morgan fingerprint density at radius 2 is 1.58 bits per heavy atom. The molecule has 33 heavy (non-hydrogen) atoms. The lowest BCUT2D eigenvalue weighted by molar-refractivity contribution is -0.115. The minimum Gasteiger partial charge on any atom is -0.374 e. The van der Waals surface area contributed by atoms with Gasteiger partial charge in [0, 0.05) is 18.5 Å². The van der Waals surface area contributed by atoms with Crippen LogP contribution < -0.4 is 21.3 Å². The number of hydrogen-bond donors (Lipinski definition) is 4. The van der Waals surface area contributed by atoms with Crippen molar-refractivity contribution in [3.63, 3.8) is 0 Å². The fourth-order valence-corrected chi connectivity index (χ4v) is 3.28. The molecule has 0 fully saturated rings. The molecule has 0 heterocycles. The van der Waals surface area contributed by atoms with Gasteiger partial charge in [-0.2, -0.15) is 0 Å². The zero-order valence-corrected chi connectivity index (χ0v) is 19.1. The summed E-state index contributed by atoms with van der Waals surface area (Å²) in [5.41, 5.74) is 3.91. The number of amides is 3. The first-order valence-electron chi connectivity index (χ1n) is 10.4. The highest BCUT2D eigenvalue weighted by Crippen LogP contribution is 2.25. The van der Waals surface area contributed by atoms with Gasteiger partial charge in [0.1, 0.15) is 0 Å². The number of rotatable bonds is 8. The van der Waals surface area contributed by atoms with Gasteiger partial charge in [-0.05, 0) is 42.8 Å². The predicted octanol–water partition coefficient (Wildman–Crippen LogP) is 4.59. The third kappa shape index (κ3) is 7.08. The van der Waals surface area contributed by atoms with E-state index in [1.165, 1.54) is 6.92 Å². The van der Waals surface area contributed by atoms with Crippen LogP contribution in [-0.4, -0.2) is 24.3 Å². The molecule has 3 rings (SSSR count). The van der Waals surface area contributed by atoms with E-state index < -0.39 is 0 Å². The van der Waals surface area contributed by atoms with Crippen molar-refractivity contribution in [2.75, 3.05) is 22.5 Å². The highest BCUT2D eigenvalue weighted by molar-refractivity contribution is 6.31. The van der Waals surface area contributed by atoms with Gasteiger partial charge in [-0.25, -0.2) is 0 Å². The summed E-state index contributed by atoms with van der Waals surface area (Å²) < 4.78 is 0. The number of aryl methyl sites for hydroxylation is 1. The minimum atomic E-state index is -0.359. The van der Waals surface area contributed by atoms with E-state index in [1.807, 2.05) is 31.2 Å². The molecule has 0 atom stereocenters. The Morgan fingerprint density at radius 3 is 2.30 bits per heavy atom. The summed E-state index contributed by atoms with van der Waals surface area (Å²) in [5, 5.41) is 11.7. The molecule has 0 spiro atoms. The van der Waals surface area contributed by atoms with Gasteiger partial charge >= 0.3 is 0 Å². The molecule has 0 radical (unpaired) electrons. The average Bonchev–Trinajstić information content (AvgIpc) is 2.78. The van der Waals surface area contributed by atoms with Crippen molar-refractivity contribution in [1.82, 2.24) is 5.32 Å². The second-order valence-electron chi connectivity index (χ2n) is 7.49. The van der Waals surface area contributed by atoms with Crippen molar-refractivity contribution >= 4 is 46.4 Å². The van der Waals surface area contributed by atoms with Gasteiger partial charge < -0.3 is 21.3 Å². The molecule has 7 nitrogen and oxygen atoms in total. The van der Waals surface area contributed by atoms with E-state index in [-0.39, 0.29) is 24.3 Å². The maximum atomic E-state index is 12.7. The number of carbonyl (C=O) groups is 3. The summed E-state index contributed by atoms with van der Waals surface area (Å²) in [4.78, 5) is 36.7. The average molecular weight is 465 g/mol. The predicted molar refractivity (Wildman–Crippen MR) is 132 cm³/mol. The summed E-state index contributed by atoms with van der Waals surface area (Å²) in [6.07, 6.45) is 0. The molecule has 0 aromatic heterocycles. The Bertz CT molecular complexity index is 1160. The van der Waals surface area contributed by atoms with Crippen LogP contribution in [0.25, 0.3) is 0 Å². The first-order valence-corrected chi connectivity index (χ1v) is 10.7. The van der Waals surface area contributed by atoms with Crippen molar-refractivity contribution in [3.8, 4) is 0 Å². The lowest BCUT2D eigenvalue weighted by Gasteiger charge is -2.14. The van der Waals surface area contributed by atoms with E-state index in [4.69, 9.17) is 11.6 Å². The molecule has 3 aromatic carbocycles. The molecule has 0 unspecified atom stereocenters. The zero-order chi connectivity index (χ0) is 23.8. The van der Waals surface area contributed by atoms with E-state index in [2.05, 4.69) is 21.3 Å². The highest BCUT2D eigenvalue weighted by Gasteiger charge is 2.14. The van der Waals surface area contributed by atoms with E-state index in [9.17, 15) is 14.4 Å². The maximum absolute atomic E-state index is 12.7. The summed E-state index contributed by atoms with van der Waals surface area (Å²) in [5.74, 6) is -0.889. The molecule has 0 bridgehead atoms. The zero-order valence-electron chi connectivity index (χ0n) is 18.4. The minimum absolute atomic E-state index is 0.0910. The highest BCUT2D eigenvalue weighted by atomic mass is 35.5. The lowest BCUT2D eigenvalue weighted by Crippen LogP contribution is -2.27. The second-order valence-corrected chi connectivity index (χ2v) is 7.92. The number of anilines is 3. The van der Waals surface area contributed by atoms with E-state index in [1.54, 1.807) is 42.5 Å². The fourth-order valence-electron chi connectivity index (χ4n) is 3.10. The van der Waals surface area contributed by atoms with E-state index in [0.29, 0.717) is 34.2 Å². The molecule has 4 N–H and O–H groups in total. The molecule has 0 aliphatic carbocycles. The lowest BCUT2D eigenvalue weighted by atomic mass is 10.1. The molecule has 3 aromatic rings. The number of nitrogens with one attached hydrogen (secondary N) is 4. The third-order valence-electron chi connectivity index (χ3n) is 4.75. The Morgan fingerprint density at radius 1 is 0.848 bits per heavy atom. The van der Waals surface area contributed by atoms with Crippen molar-refractivity contribution in [1.29, 1.82) is 0 Å².